The van der Waals surface area contributed by atoms with Gasteiger partial charge in [0.2, 0.25) is 0 Å². The Morgan fingerprint density at radius 2 is 2.08 bits per heavy atom. The Morgan fingerprint density at radius 1 is 1.28 bits per heavy atom. The van der Waals surface area contributed by atoms with E-state index in [1.165, 1.54) is 0 Å². The molecule has 0 saturated carbocycles. The van der Waals surface area contributed by atoms with Crippen LogP contribution in [0.15, 0.2) is 36.5 Å². The molecule has 25 heavy (non-hydrogen) atoms. The van der Waals surface area contributed by atoms with Crippen LogP contribution in [0.3, 0.4) is 0 Å². The molecular weight excluding hydrogens is 318 g/mol. The molecule has 0 bridgehead atoms. The molecule has 2 N–H and O–H groups in total. The van der Waals surface area contributed by atoms with Crippen molar-refractivity contribution in [1.82, 2.24) is 15.2 Å². The van der Waals surface area contributed by atoms with Gasteiger partial charge in [-0.1, -0.05) is 31.2 Å². The number of benzene rings is 1. The smallest absolute Gasteiger partial charge is 0.317 e. The van der Waals surface area contributed by atoms with Gasteiger partial charge in [-0.25, -0.2) is 4.79 Å². The number of piperidine rings is 1. The molecule has 0 radical (unpaired) electrons. The number of likely N-dealkylation sites (tertiary alicyclic amines) is 1. The van der Waals surface area contributed by atoms with E-state index in [0.717, 1.165) is 16.5 Å². The van der Waals surface area contributed by atoms with Gasteiger partial charge >= 0.3 is 12.0 Å². The van der Waals surface area contributed by atoms with Crippen LogP contribution < -0.4 is 5.32 Å². The number of aliphatic carboxylic acids is 1. The number of aromatic nitrogens is 1. The van der Waals surface area contributed by atoms with Crippen molar-refractivity contribution in [3.05, 3.63) is 42.1 Å². The molecule has 0 spiro atoms. The molecule has 3 rings (SSSR count). The lowest BCUT2D eigenvalue weighted by molar-refractivity contribution is -0.143. The maximum absolute atomic E-state index is 12.4. The highest BCUT2D eigenvalue weighted by atomic mass is 16.4. The Morgan fingerprint density at radius 3 is 2.88 bits per heavy atom. The Balaban J connectivity index is 1.58. The highest BCUT2D eigenvalue weighted by Crippen LogP contribution is 2.22. The second kappa shape index (κ2) is 7.51. The number of hydrogen-bond acceptors (Lipinski definition) is 3. The van der Waals surface area contributed by atoms with Crippen molar-refractivity contribution in [1.29, 1.82) is 0 Å². The Labute approximate surface area is 146 Å². The van der Waals surface area contributed by atoms with Gasteiger partial charge in [-0.05, 0) is 30.4 Å². The fraction of sp³-hybridized carbons (Fsp3) is 0.421. The second-order valence-electron chi connectivity index (χ2n) is 6.76. The molecule has 1 aromatic heterocycles. The molecule has 2 amide bonds. The first kappa shape index (κ1) is 17.2. The zero-order valence-corrected chi connectivity index (χ0v) is 14.3. The number of carbonyl (C=O) groups is 2. The Hall–Kier alpha value is -2.63. The summed E-state index contributed by atoms with van der Waals surface area (Å²) in [4.78, 5) is 29.6. The van der Waals surface area contributed by atoms with Gasteiger partial charge in [0.15, 0.2) is 0 Å². The summed E-state index contributed by atoms with van der Waals surface area (Å²) in [5, 5.41) is 13.2. The molecule has 6 nitrogen and oxygen atoms in total. The zero-order valence-electron chi connectivity index (χ0n) is 14.3. The number of hydrogen-bond donors (Lipinski definition) is 2. The number of amides is 2. The third-order valence-corrected chi connectivity index (χ3v) is 4.68. The second-order valence-corrected chi connectivity index (χ2v) is 6.76. The molecule has 1 saturated heterocycles. The summed E-state index contributed by atoms with van der Waals surface area (Å²) in [5.74, 6) is -1.11. The largest absolute Gasteiger partial charge is 0.481 e. The quantitative estimate of drug-likeness (QED) is 0.895. The molecule has 2 atom stereocenters. The lowest BCUT2D eigenvalue weighted by Crippen LogP contribution is -2.49. The van der Waals surface area contributed by atoms with Crippen molar-refractivity contribution < 1.29 is 14.7 Å². The van der Waals surface area contributed by atoms with Crippen LogP contribution in [0.5, 0.6) is 0 Å². The maximum atomic E-state index is 12.4. The minimum absolute atomic E-state index is 0.189. The van der Waals surface area contributed by atoms with Crippen molar-refractivity contribution in [2.45, 2.75) is 19.8 Å². The van der Waals surface area contributed by atoms with Crippen molar-refractivity contribution in [3.63, 3.8) is 0 Å². The molecule has 2 heterocycles. The molecule has 1 aliphatic heterocycles. The Bertz CT molecular complexity index is 772. The standard InChI is InChI=1S/C19H23N3O3/c1-13-10-16(18(23)24)12-22(11-13)19(25)21-9-7-15-5-2-4-14-6-3-8-20-17(14)15/h2-6,8,13,16H,7,9-12H2,1H3,(H,21,25)(H,23,24). The van der Waals surface area contributed by atoms with Crippen LogP contribution in [0, 0.1) is 11.8 Å². The number of rotatable bonds is 4. The number of para-hydroxylation sites is 1. The number of nitrogens with one attached hydrogen (secondary N) is 1. The third-order valence-electron chi connectivity index (χ3n) is 4.68. The van der Waals surface area contributed by atoms with Gasteiger partial charge in [0.25, 0.3) is 0 Å². The summed E-state index contributed by atoms with van der Waals surface area (Å²) in [6, 6.07) is 9.77. The maximum Gasteiger partial charge on any atom is 0.317 e. The summed E-state index contributed by atoms with van der Waals surface area (Å²) in [6.45, 7) is 3.36. The van der Waals surface area contributed by atoms with E-state index >= 15 is 0 Å². The SMILES string of the molecule is CC1CC(C(=O)O)CN(C(=O)NCCc2cccc3cccnc23)C1. The predicted octanol–water partition coefficient (Wildman–Crippen LogP) is 2.53. The van der Waals surface area contributed by atoms with Crippen molar-refractivity contribution in [3.8, 4) is 0 Å². The van der Waals surface area contributed by atoms with E-state index in [9.17, 15) is 14.7 Å². The first-order valence-corrected chi connectivity index (χ1v) is 8.63. The van der Waals surface area contributed by atoms with Crippen LogP contribution in [0.4, 0.5) is 4.79 Å². The van der Waals surface area contributed by atoms with Crippen molar-refractivity contribution >= 4 is 22.9 Å². The monoisotopic (exact) mass is 341 g/mol. The van der Waals surface area contributed by atoms with E-state index in [1.54, 1.807) is 11.1 Å². The first-order valence-electron chi connectivity index (χ1n) is 8.63. The van der Waals surface area contributed by atoms with Gasteiger partial charge < -0.3 is 15.3 Å². The first-order chi connectivity index (χ1) is 12.0. The molecule has 1 fully saturated rings. The molecule has 1 aromatic carbocycles. The van der Waals surface area contributed by atoms with Crippen LogP contribution in [-0.4, -0.2) is 46.6 Å². The predicted molar refractivity (Wildman–Crippen MR) is 95.3 cm³/mol. The molecule has 1 aliphatic rings. The molecule has 0 aliphatic carbocycles. The van der Waals surface area contributed by atoms with E-state index in [2.05, 4.69) is 10.3 Å². The lowest BCUT2D eigenvalue weighted by atomic mass is 9.91. The lowest BCUT2D eigenvalue weighted by Gasteiger charge is -2.34. The summed E-state index contributed by atoms with van der Waals surface area (Å²) in [7, 11) is 0. The summed E-state index contributed by atoms with van der Waals surface area (Å²) in [5.41, 5.74) is 2.05. The molecule has 6 heteroatoms. The van der Waals surface area contributed by atoms with Crippen LogP contribution >= 0.6 is 0 Å². The number of pyridine rings is 1. The van der Waals surface area contributed by atoms with Crippen LogP contribution in [0.2, 0.25) is 0 Å². The molecule has 132 valence electrons. The average molecular weight is 341 g/mol. The van der Waals surface area contributed by atoms with Gasteiger partial charge in [-0.3, -0.25) is 9.78 Å². The van der Waals surface area contributed by atoms with Gasteiger partial charge in [0.05, 0.1) is 11.4 Å². The number of carboxylic acid groups (broad SMARTS) is 1. The average Bonchev–Trinajstić information content (AvgIpc) is 2.61. The van der Waals surface area contributed by atoms with Gasteiger partial charge in [-0.2, -0.15) is 0 Å². The fourth-order valence-corrected chi connectivity index (χ4v) is 3.48. The minimum atomic E-state index is -0.828. The van der Waals surface area contributed by atoms with E-state index in [-0.39, 0.29) is 18.5 Å². The topological polar surface area (TPSA) is 82.5 Å². The number of nitrogens with zero attached hydrogens (tertiary/aromatic N) is 2. The summed E-state index contributed by atoms with van der Waals surface area (Å²) < 4.78 is 0. The zero-order chi connectivity index (χ0) is 17.8. The van der Waals surface area contributed by atoms with Crippen molar-refractivity contribution in [2.75, 3.05) is 19.6 Å². The van der Waals surface area contributed by atoms with Crippen LogP contribution in [0.1, 0.15) is 18.9 Å². The molecule has 2 unspecified atom stereocenters. The number of carboxylic acids is 1. The number of fused-ring (bicyclic) bond motifs is 1. The minimum Gasteiger partial charge on any atom is -0.481 e. The van der Waals surface area contributed by atoms with Crippen LogP contribution in [0.25, 0.3) is 10.9 Å². The number of urea groups is 1. The third kappa shape index (κ3) is 4.07. The van der Waals surface area contributed by atoms with Crippen molar-refractivity contribution in [2.24, 2.45) is 11.8 Å². The highest BCUT2D eigenvalue weighted by Gasteiger charge is 2.31. The summed E-state index contributed by atoms with van der Waals surface area (Å²) in [6.07, 6.45) is 3.08. The number of carbonyl (C=O) groups excluding carboxylic acids is 1. The fourth-order valence-electron chi connectivity index (χ4n) is 3.48. The Kier molecular flexibility index (Phi) is 5.16. The van der Waals surface area contributed by atoms with Crippen LogP contribution in [-0.2, 0) is 11.2 Å². The van der Waals surface area contributed by atoms with E-state index < -0.39 is 11.9 Å². The summed E-state index contributed by atoms with van der Waals surface area (Å²) >= 11 is 0. The van der Waals surface area contributed by atoms with Gasteiger partial charge in [0.1, 0.15) is 0 Å². The molecule has 2 aromatic rings. The van der Waals surface area contributed by atoms with Gasteiger partial charge in [0, 0.05) is 31.2 Å². The highest BCUT2D eigenvalue weighted by molar-refractivity contribution is 5.81. The van der Waals surface area contributed by atoms with E-state index in [0.29, 0.717) is 25.9 Å². The molecular formula is C19H23N3O3. The van der Waals surface area contributed by atoms with E-state index in [1.807, 2.05) is 37.3 Å². The normalized spacial score (nSPS) is 20.4. The van der Waals surface area contributed by atoms with Gasteiger partial charge in [-0.15, -0.1) is 0 Å². The van der Waals surface area contributed by atoms with E-state index in [4.69, 9.17) is 0 Å².